The van der Waals surface area contributed by atoms with E-state index in [-0.39, 0.29) is 0 Å². The largest absolute Gasteiger partial charge is 0.317 e. The summed E-state index contributed by atoms with van der Waals surface area (Å²) in [6.45, 7) is 4.25. The molecule has 1 aliphatic rings. The summed E-state index contributed by atoms with van der Waals surface area (Å²) in [6, 6.07) is 0.655. The van der Waals surface area contributed by atoms with Gasteiger partial charge < -0.3 is 5.32 Å². The molecule has 0 amide bonds. The molecule has 2 N–H and O–H groups in total. The second-order valence-electron chi connectivity index (χ2n) is 4.19. The minimum absolute atomic E-state index is 0.651. The lowest BCUT2D eigenvalue weighted by Gasteiger charge is -2.18. The Morgan fingerprint density at radius 3 is 2.80 bits per heavy atom. The van der Waals surface area contributed by atoms with Gasteiger partial charge in [-0.25, -0.2) is 4.98 Å². The lowest BCUT2D eigenvalue weighted by molar-refractivity contribution is 0.463. The molecule has 1 saturated carbocycles. The predicted octanol–water partition coefficient (Wildman–Crippen LogP) is 1.59. The Bertz CT molecular complexity index is 325. The van der Waals surface area contributed by atoms with Crippen LogP contribution in [-0.4, -0.2) is 33.5 Å². The van der Waals surface area contributed by atoms with Crippen LogP contribution in [0.1, 0.15) is 25.6 Å². The van der Waals surface area contributed by atoms with E-state index in [0.29, 0.717) is 17.2 Å². The Morgan fingerprint density at radius 1 is 1.47 bits per heavy atom. The molecule has 0 radical (unpaired) electrons. The molecule has 0 bridgehead atoms. The summed E-state index contributed by atoms with van der Waals surface area (Å²) in [5.74, 6) is 1.59. The van der Waals surface area contributed by atoms with Crippen LogP contribution in [-0.2, 0) is 0 Å². The SMILES string of the molecule is CNC1CCC(Sc2n[nH]c(C)n2)C1C. The molecule has 0 aliphatic heterocycles. The first-order valence-corrected chi connectivity index (χ1v) is 6.31. The molecule has 4 nitrogen and oxygen atoms in total. The molecule has 0 aromatic carbocycles. The molecule has 5 heteroatoms. The van der Waals surface area contributed by atoms with Crippen molar-refractivity contribution in [3.8, 4) is 0 Å². The maximum atomic E-state index is 4.34. The van der Waals surface area contributed by atoms with Gasteiger partial charge in [0, 0.05) is 11.3 Å². The minimum Gasteiger partial charge on any atom is -0.317 e. The van der Waals surface area contributed by atoms with Gasteiger partial charge in [0.1, 0.15) is 5.82 Å². The van der Waals surface area contributed by atoms with Crippen molar-refractivity contribution in [2.45, 2.75) is 43.1 Å². The van der Waals surface area contributed by atoms with Crippen LogP contribution in [0.25, 0.3) is 0 Å². The topological polar surface area (TPSA) is 53.6 Å². The van der Waals surface area contributed by atoms with Gasteiger partial charge in [0.25, 0.3) is 0 Å². The quantitative estimate of drug-likeness (QED) is 0.822. The molecular weight excluding hydrogens is 208 g/mol. The van der Waals surface area contributed by atoms with Gasteiger partial charge in [-0.3, -0.25) is 5.10 Å². The minimum atomic E-state index is 0.651. The maximum Gasteiger partial charge on any atom is 0.208 e. The summed E-state index contributed by atoms with van der Waals surface area (Å²) >= 11 is 1.81. The van der Waals surface area contributed by atoms with Gasteiger partial charge in [-0.15, -0.1) is 5.10 Å². The first-order valence-electron chi connectivity index (χ1n) is 5.43. The zero-order valence-corrected chi connectivity index (χ0v) is 10.3. The standard InChI is InChI=1S/C10H18N4S/c1-6-8(11-3)4-5-9(6)15-10-12-7(2)13-14-10/h6,8-9,11H,4-5H2,1-3H3,(H,12,13,14). The molecule has 84 valence electrons. The van der Waals surface area contributed by atoms with Gasteiger partial charge in [-0.2, -0.15) is 0 Å². The summed E-state index contributed by atoms with van der Waals surface area (Å²) in [4.78, 5) is 4.34. The number of nitrogens with zero attached hydrogens (tertiary/aromatic N) is 2. The Hall–Kier alpha value is -0.550. The van der Waals surface area contributed by atoms with Crippen LogP contribution >= 0.6 is 11.8 Å². The molecule has 0 spiro atoms. The molecule has 15 heavy (non-hydrogen) atoms. The Balaban J connectivity index is 1.96. The molecule has 1 aromatic rings. The summed E-state index contributed by atoms with van der Waals surface area (Å²) in [5.41, 5.74) is 0. The highest BCUT2D eigenvalue weighted by atomic mass is 32.2. The summed E-state index contributed by atoms with van der Waals surface area (Å²) in [7, 11) is 2.05. The fourth-order valence-corrected chi connectivity index (χ4v) is 3.43. The molecular formula is C10H18N4S. The van der Waals surface area contributed by atoms with Crippen LogP contribution in [0.3, 0.4) is 0 Å². The van der Waals surface area contributed by atoms with Crippen molar-refractivity contribution >= 4 is 11.8 Å². The number of rotatable bonds is 3. The third-order valence-corrected chi connectivity index (χ3v) is 4.55. The second-order valence-corrected chi connectivity index (χ2v) is 5.40. The average molecular weight is 226 g/mol. The van der Waals surface area contributed by atoms with Crippen molar-refractivity contribution in [3.05, 3.63) is 5.82 Å². The number of aryl methyl sites for hydroxylation is 1. The van der Waals surface area contributed by atoms with Crippen molar-refractivity contribution in [1.82, 2.24) is 20.5 Å². The van der Waals surface area contributed by atoms with Gasteiger partial charge in [0.15, 0.2) is 0 Å². The fraction of sp³-hybridized carbons (Fsp3) is 0.800. The number of H-pyrrole nitrogens is 1. The molecule has 1 heterocycles. The van der Waals surface area contributed by atoms with Crippen LogP contribution in [0.4, 0.5) is 0 Å². The number of hydrogen-bond donors (Lipinski definition) is 2. The molecule has 1 aliphatic carbocycles. The van der Waals surface area contributed by atoms with E-state index in [1.165, 1.54) is 12.8 Å². The Morgan fingerprint density at radius 2 is 2.27 bits per heavy atom. The summed E-state index contributed by atoms with van der Waals surface area (Å²) < 4.78 is 0. The molecule has 1 fully saturated rings. The normalized spacial score (nSPS) is 31.0. The number of hydrogen-bond acceptors (Lipinski definition) is 4. The third-order valence-electron chi connectivity index (χ3n) is 3.19. The maximum absolute atomic E-state index is 4.34. The lowest BCUT2D eigenvalue weighted by Crippen LogP contribution is -2.30. The zero-order chi connectivity index (χ0) is 10.8. The van der Waals surface area contributed by atoms with Crippen LogP contribution in [0.2, 0.25) is 0 Å². The van der Waals surface area contributed by atoms with Crippen LogP contribution in [0, 0.1) is 12.8 Å². The molecule has 3 atom stereocenters. The second kappa shape index (κ2) is 4.53. The van der Waals surface area contributed by atoms with E-state index >= 15 is 0 Å². The van der Waals surface area contributed by atoms with Gasteiger partial charge in [-0.1, -0.05) is 18.7 Å². The molecule has 2 rings (SSSR count). The average Bonchev–Trinajstić information content (AvgIpc) is 2.76. The third kappa shape index (κ3) is 2.34. The molecule has 1 aromatic heterocycles. The van der Waals surface area contributed by atoms with Crippen molar-refractivity contribution in [1.29, 1.82) is 0 Å². The van der Waals surface area contributed by atoms with E-state index in [1.54, 1.807) is 11.8 Å². The highest BCUT2D eigenvalue weighted by Gasteiger charge is 2.33. The van der Waals surface area contributed by atoms with Gasteiger partial charge in [0.2, 0.25) is 5.16 Å². The fourth-order valence-electron chi connectivity index (χ4n) is 2.21. The zero-order valence-electron chi connectivity index (χ0n) is 9.45. The van der Waals surface area contributed by atoms with Gasteiger partial charge in [0.05, 0.1) is 0 Å². The van der Waals surface area contributed by atoms with E-state index in [0.717, 1.165) is 11.0 Å². The first-order chi connectivity index (χ1) is 7.20. The number of thioether (sulfide) groups is 1. The number of aromatic nitrogens is 3. The summed E-state index contributed by atoms with van der Waals surface area (Å²) in [5, 5.41) is 12.0. The Kier molecular flexibility index (Phi) is 3.31. The Labute approximate surface area is 94.6 Å². The highest BCUT2D eigenvalue weighted by molar-refractivity contribution is 7.99. The van der Waals surface area contributed by atoms with E-state index < -0.39 is 0 Å². The number of nitrogens with one attached hydrogen (secondary N) is 2. The number of aromatic amines is 1. The van der Waals surface area contributed by atoms with Crippen LogP contribution in [0.15, 0.2) is 5.16 Å². The van der Waals surface area contributed by atoms with E-state index in [9.17, 15) is 0 Å². The first kappa shape index (κ1) is 11.0. The monoisotopic (exact) mass is 226 g/mol. The van der Waals surface area contributed by atoms with Gasteiger partial charge in [-0.05, 0) is 32.7 Å². The van der Waals surface area contributed by atoms with E-state index in [2.05, 4.69) is 27.4 Å². The van der Waals surface area contributed by atoms with Crippen LogP contribution in [0.5, 0.6) is 0 Å². The molecule has 3 unspecified atom stereocenters. The van der Waals surface area contributed by atoms with Crippen molar-refractivity contribution in [2.75, 3.05) is 7.05 Å². The predicted molar refractivity (Wildman–Crippen MR) is 62.0 cm³/mol. The van der Waals surface area contributed by atoms with Crippen molar-refractivity contribution in [3.63, 3.8) is 0 Å². The van der Waals surface area contributed by atoms with Crippen LogP contribution < -0.4 is 5.32 Å². The van der Waals surface area contributed by atoms with Crippen molar-refractivity contribution in [2.24, 2.45) is 5.92 Å². The lowest BCUT2D eigenvalue weighted by atomic mass is 10.1. The highest BCUT2D eigenvalue weighted by Crippen LogP contribution is 2.37. The summed E-state index contributed by atoms with van der Waals surface area (Å²) in [6.07, 6.45) is 2.52. The van der Waals surface area contributed by atoms with E-state index in [4.69, 9.17) is 0 Å². The van der Waals surface area contributed by atoms with Gasteiger partial charge >= 0.3 is 0 Å². The smallest absolute Gasteiger partial charge is 0.208 e. The molecule has 0 saturated heterocycles. The van der Waals surface area contributed by atoms with Crippen molar-refractivity contribution < 1.29 is 0 Å². The van der Waals surface area contributed by atoms with E-state index in [1.807, 2.05) is 14.0 Å².